The number of aliphatic imine (C=N–C) groups is 1. The van der Waals surface area contributed by atoms with Gasteiger partial charge in [-0.05, 0) is 24.5 Å². The third-order valence-corrected chi connectivity index (χ3v) is 3.23. The van der Waals surface area contributed by atoms with E-state index in [1.54, 1.807) is 13.1 Å². The molecule has 1 rings (SSSR count). The van der Waals surface area contributed by atoms with Crippen molar-refractivity contribution in [1.29, 1.82) is 0 Å². The van der Waals surface area contributed by atoms with Crippen molar-refractivity contribution < 1.29 is 17.9 Å². The van der Waals surface area contributed by atoms with E-state index in [1.165, 1.54) is 12.3 Å². The Morgan fingerprint density at radius 3 is 2.54 bits per heavy atom. The molecule has 0 aliphatic heterocycles. The molecule has 5 nitrogen and oxygen atoms in total. The lowest BCUT2D eigenvalue weighted by Gasteiger charge is -2.20. The number of guanidine groups is 1. The molecule has 24 heavy (non-hydrogen) atoms. The smallest absolute Gasteiger partial charge is 0.422 e. The second kappa shape index (κ2) is 10.6. The van der Waals surface area contributed by atoms with Crippen LogP contribution in [0.3, 0.4) is 0 Å². The second-order valence-corrected chi connectivity index (χ2v) is 5.51. The summed E-state index contributed by atoms with van der Waals surface area (Å²) in [5.74, 6) is 1.01. The van der Waals surface area contributed by atoms with Crippen molar-refractivity contribution in [3.05, 3.63) is 23.9 Å². The lowest BCUT2D eigenvalue weighted by molar-refractivity contribution is -0.154. The van der Waals surface area contributed by atoms with Gasteiger partial charge in [0.05, 0.1) is 0 Å². The third kappa shape index (κ3) is 9.14. The van der Waals surface area contributed by atoms with Crippen molar-refractivity contribution in [2.45, 2.75) is 39.5 Å². The van der Waals surface area contributed by atoms with Crippen molar-refractivity contribution in [2.24, 2.45) is 10.9 Å². The summed E-state index contributed by atoms with van der Waals surface area (Å²) in [5, 5.41) is 6.34. The molecule has 1 aromatic rings. The van der Waals surface area contributed by atoms with E-state index < -0.39 is 12.8 Å². The molecule has 1 atom stereocenters. The first-order valence-corrected chi connectivity index (χ1v) is 7.33. The molecule has 1 unspecified atom stereocenters. The number of rotatable bonds is 6. The summed E-state index contributed by atoms with van der Waals surface area (Å²) < 4.78 is 41.0. The van der Waals surface area contributed by atoms with Gasteiger partial charge in [-0.2, -0.15) is 13.2 Å². The fourth-order valence-electron chi connectivity index (χ4n) is 1.56. The molecule has 0 radical (unpaired) electrons. The van der Waals surface area contributed by atoms with Crippen LogP contribution in [0.15, 0.2) is 23.3 Å². The van der Waals surface area contributed by atoms with Crippen LogP contribution in [0.25, 0.3) is 0 Å². The lowest BCUT2D eigenvalue weighted by atomic mass is 10.1. The molecule has 0 amide bonds. The minimum atomic E-state index is -4.38. The number of alkyl halides is 3. The van der Waals surface area contributed by atoms with Crippen LogP contribution >= 0.6 is 24.0 Å². The molecule has 0 bridgehead atoms. The number of pyridine rings is 1. The summed E-state index contributed by atoms with van der Waals surface area (Å²) in [6, 6.07) is 3.41. The maximum Gasteiger partial charge on any atom is 0.422 e. The Morgan fingerprint density at radius 1 is 1.33 bits per heavy atom. The average Bonchev–Trinajstić information content (AvgIpc) is 2.48. The zero-order valence-electron chi connectivity index (χ0n) is 14.1. The first kappa shape index (κ1) is 22.7. The maximum absolute atomic E-state index is 12.1. The van der Waals surface area contributed by atoms with Gasteiger partial charge in [-0.3, -0.25) is 4.99 Å². The average molecular weight is 460 g/mol. The van der Waals surface area contributed by atoms with Gasteiger partial charge in [-0.15, -0.1) is 24.0 Å². The van der Waals surface area contributed by atoms with E-state index in [0.29, 0.717) is 18.4 Å². The summed E-state index contributed by atoms with van der Waals surface area (Å²) >= 11 is 0. The fraction of sp³-hybridized carbons (Fsp3) is 0.600. The normalized spacial score (nSPS) is 13.2. The molecule has 0 fully saturated rings. The van der Waals surface area contributed by atoms with Crippen LogP contribution in [0.5, 0.6) is 5.88 Å². The Morgan fingerprint density at radius 2 is 2.00 bits per heavy atom. The van der Waals surface area contributed by atoms with Gasteiger partial charge in [-0.1, -0.05) is 13.8 Å². The number of nitrogens with one attached hydrogen (secondary N) is 2. The van der Waals surface area contributed by atoms with E-state index in [0.717, 1.165) is 5.56 Å². The van der Waals surface area contributed by atoms with E-state index >= 15 is 0 Å². The molecule has 1 aromatic heterocycles. The molecular weight excluding hydrogens is 436 g/mol. The van der Waals surface area contributed by atoms with E-state index in [4.69, 9.17) is 0 Å². The summed E-state index contributed by atoms with van der Waals surface area (Å²) in [7, 11) is 1.66. The summed E-state index contributed by atoms with van der Waals surface area (Å²) in [6.45, 7) is 5.28. The van der Waals surface area contributed by atoms with E-state index in [2.05, 4.69) is 39.2 Å². The topological polar surface area (TPSA) is 58.5 Å². The van der Waals surface area contributed by atoms with Crippen LogP contribution in [0.4, 0.5) is 13.2 Å². The van der Waals surface area contributed by atoms with Crippen LogP contribution in [0.2, 0.25) is 0 Å². The Kier molecular flexibility index (Phi) is 10.0. The van der Waals surface area contributed by atoms with Gasteiger partial charge in [0.25, 0.3) is 0 Å². The molecule has 0 aliphatic carbocycles. The first-order chi connectivity index (χ1) is 10.7. The van der Waals surface area contributed by atoms with Gasteiger partial charge in [0.1, 0.15) is 0 Å². The molecule has 0 aliphatic rings. The van der Waals surface area contributed by atoms with Gasteiger partial charge in [0, 0.05) is 31.9 Å². The minimum absolute atomic E-state index is 0. The Labute approximate surface area is 157 Å². The minimum Gasteiger partial charge on any atom is -0.468 e. The molecular formula is C15H24F3IN4O. The predicted molar refractivity (Wildman–Crippen MR) is 98.8 cm³/mol. The number of ether oxygens (including phenoxy) is 1. The lowest BCUT2D eigenvalue weighted by Crippen LogP contribution is -2.43. The van der Waals surface area contributed by atoms with Gasteiger partial charge in [-0.25, -0.2) is 4.98 Å². The fourth-order valence-corrected chi connectivity index (χ4v) is 1.56. The van der Waals surface area contributed by atoms with Crippen LogP contribution in [-0.2, 0) is 6.54 Å². The predicted octanol–water partition coefficient (Wildman–Crippen LogP) is 3.35. The summed E-state index contributed by atoms with van der Waals surface area (Å²) in [5.41, 5.74) is 0.748. The van der Waals surface area contributed by atoms with Crippen LogP contribution in [-0.4, -0.2) is 36.8 Å². The summed E-state index contributed by atoms with van der Waals surface area (Å²) in [4.78, 5) is 7.88. The number of hydrogen-bond acceptors (Lipinski definition) is 3. The highest BCUT2D eigenvalue weighted by Gasteiger charge is 2.28. The van der Waals surface area contributed by atoms with Crippen LogP contribution in [0, 0.1) is 5.92 Å². The van der Waals surface area contributed by atoms with Gasteiger partial charge in [0.15, 0.2) is 12.6 Å². The quantitative estimate of drug-likeness (QED) is 0.389. The molecule has 138 valence electrons. The molecule has 1 heterocycles. The molecule has 0 saturated heterocycles. The highest BCUT2D eigenvalue weighted by Crippen LogP contribution is 2.17. The number of halogens is 4. The maximum atomic E-state index is 12.1. The van der Waals surface area contributed by atoms with E-state index in [-0.39, 0.29) is 35.9 Å². The Bertz CT molecular complexity index is 524. The van der Waals surface area contributed by atoms with Crippen LogP contribution in [0.1, 0.15) is 26.3 Å². The summed E-state index contributed by atoms with van der Waals surface area (Å²) in [6.07, 6.45) is -2.97. The highest BCUT2D eigenvalue weighted by molar-refractivity contribution is 14.0. The van der Waals surface area contributed by atoms with Crippen LogP contribution < -0.4 is 15.4 Å². The van der Waals surface area contributed by atoms with Crippen molar-refractivity contribution in [3.63, 3.8) is 0 Å². The molecule has 2 N–H and O–H groups in total. The second-order valence-electron chi connectivity index (χ2n) is 5.51. The molecule has 9 heteroatoms. The van der Waals surface area contributed by atoms with Gasteiger partial charge in [0.2, 0.25) is 5.88 Å². The zero-order valence-corrected chi connectivity index (χ0v) is 16.5. The van der Waals surface area contributed by atoms with Crippen molar-refractivity contribution in [1.82, 2.24) is 15.6 Å². The monoisotopic (exact) mass is 460 g/mol. The zero-order chi connectivity index (χ0) is 17.5. The standard InChI is InChI=1S/C15H23F3N4O.HI/c1-10(2)11(3)22-14(19-4)21-8-12-5-6-20-13(7-12)23-9-15(16,17)18;/h5-7,10-11H,8-9H2,1-4H3,(H2,19,21,22);1H. The van der Waals surface area contributed by atoms with E-state index in [9.17, 15) is 13.2 Å². The highest BCUT2D eigenvalue weighted by atomic mass is 127. The number of nitrogens with zero attached hydrogens (tertiary/aromatic N) is 2. The Hall–Kier alpha value is -1.26. The molecule has 0 aromatic carbocycles. The molecule has 0 saturated carbocycles. The Balaban J connectivity index is 0.00000529. The molecule has 0 spiro atoms. The number of hydrogen-bond donors (Lipinski definition) is 2. The largest absolute Gasteiger partial charge is 0.468 e. The van der Waals surface area contributed by atoms with Gasteiger partial charge >= 0.3 is 6.18 Å². The van der Waals surface area contributed by atoms with Crippen molar-refractivity contribution in [2.75, 3.05) is 13.7 Å². The van der Waals surface area contributed by atoms with E-state index in [1.807, 2.05) is 6.92 Å². The third-order valence-electron chi connectivity index (χ3n) is 3.23. The SMILES string of the molecule is CN=C(NCc1ccnc(OCC(F)(F)F)c1)NC(C)C(C)C.I. The van der Waals surface area contributed by atoms with Crippen molar-refractivity contribution >= 4 is 29.9 Å². The number of aromatic nitrogens is 1. The van der Waals surface area contributed by atoms with Gasteiger partial charge < -0.3 is 15.4 Å². The van der Waals surface area contributed by atoms with Crippen molar-refractivity contribution in [3.8, 4) is 5.88 Å². The first-order valence-electron chi connectivity index (χ1n) is 7.33.